The van der Waals surface area contributed by atoms with Crippen molar-refractivity contribution in [2.45, 2.75) is 76.0 Å². The Morgan fingerprint density at radius 3 is 2.28 bits per heavy atom. The van der Waals surface area contributed by atoms with Crippen molar-refractivity contribution in [3.8, 4) is 0 Å². The number of carbonyl (C=O) groups excluding carboxylic acids is 3. The summed E-state index contributed by atoms with van der Waals surface area (Å²) in [6.45, 7) is 5.76. The molecule has 3 aromatic rings. The Morgan fingerprint density at radius 1 is 0.915 bits per heavy atom. The van der Waals surface area contributed by atoms with Crippen molar-refractivity contribution < 1.29 is 14.4 Å². The number of likely N-dealkylation sites (N-methyl/N-ethyl adjacent to an activating group) is 2. The third kappa shape index (κ3) is 9.99. The third-order valence-electron chi connectivity index (χ3n) is 9.75. The second-order valence-corrected chi connectivity index (χ2v) is 13.6. The van der Waals surface area contributed by atoms with E-state index in [-0.39, 0.29) is 23.3 Å². The number of benzene rings is 3. The maximum atomic E-state index is 14.5. The molecule has 3 atom stereocenters. The van der Waals surface area contributed by atoms with Crippen LogP contribution in [0.15, 0.2) is 84.9 Å². The Balaban J connectivity index is 1.59. The van der Waals surface area contributed by atoms with Gasteiger partial charge in [0.15, 0.2) is 0 Å². The summed E-state index contributed by atoms with van der Waals surface area (Å²) in [6, 6.07) is 22.9. The van der Waals surface area contributed by atoms with Gasteiger partial charge in [0.05, 0.1) is 0 Å². The van der Waals surface area contributed by atoms with Crippen LogP contribution < -0.4 is 10.6 Å². The number of hydrogen-bond acceptors (Lipinski definition) is 5. The minimum Gasteiger partial charge on any atom is -0.354 e. The summed E-state index contributed by atoms with van der Waals surface area (Å²) in [6.07, 6.45) is 7.93. The van der Waals surface area contributed by atoms with E-state index in [1.807, 2.05) is 73.8 Å². The van der Waals surface area contributed by atoms with Gasteiger partial charge in [-0.1, -0.05) is 78.9 Å². The lowest BCUT2D eigenvalue weighted by molar-refractivity contribution is -0.146. The molecule has 0 spiro atoms. The summed E-state index contributed by atoms with van der Waals surface area (Å²) in [4.78, 5) is 47.3. The van der Waals surface area contributed by atoms with E-state index in [9.17, 15) is 14.4 Å². The Hall–Kier alpha value is -4.01. The first kappa shape index (κ1) is 35.8. The van der Waals surface area contributed by atoms with E-state index in [0.717, 1.165) is 41.3 Å². The first-order valence-electron chi connectivity index (χ1n) is 16.9. The van der Waals surface area contributed by atoms with Crippen molar-refractivity contribution in [1.29, 1.82) is 0 Å². The van der Waals surface area contributed by atoms with Crippen LogP contribution in [0, 0.1) is 0 Å². The summed E-state index contributed by atoms with van der Waals surface area (Å²) in [5, 5.41) is 8.56. The van der Waals surface area contributed by atoms with Gasteiger partial charge in [-0.05, 0) is 88.1 Å². The van der Waals surface area contributed by atoms with Gasteiger partial charge in [-0.3, -0.25) is 14.4 Å². The standard InChI is InChI=1S/C39H53N5O3/c1-39(2,40-3)23-12-19-36(45)43(5)35(28-30-20-21-31-16-10-11-17-32(31)26-30)38(47)44(6)34(27-29-14-8-7-9-15-29)37(46)41-24-22-33-18-13-25-42(33)4/h7-12,14-17,19-21,26,33-35,40H,13,18,22-25,27-28H2,1-6H3,(H,41,46)/t33?,34-,35-/m1/s1. The number of rotatable bonds is 15. The van der Waals surface area contributed by atoms with E-state index in [2.05, 4.69) is 48.6 Å². The van der Waals surface area contributed by atoms with Crippen LogP contribution in [0.25, 0.3) is 10.8 Å². The number of fused-ring (bicyclic) bond motifs is 1. The Bertz CT molecular complexity index is 1520. The van der Waals surface area contributed by atoms with Crippen molar-refractivity contribution in [3.05, 3.63) is 96.1 Å². The summed E-state index contributed by atoms with van der Waals surface area (Å²) in [5.74, 6) is -0.711. The van der Waals surface area contributed by atoms with Crippen LogP contribution >= 0.6 is 0 Å². The van der Waals surface area contributed by atoms with Gasteiger partial charge in [0.25, 0.3) is 0 Å². The summed E-state index contributed by atoms with van der Waals surface area (Å²) in [7, 11) is 7.40. The third-order valence-corrected chi connectivity index (χ3v) is 9.75. The van der Waals surface area contributed by atoms with Crippen LogP contribution in [0.1, 0.15) is 50.7 Å². The van der Waals surface area contributed by atoms with E-state index >= 15 is 0 Å². The predicted molar refractivity (Wildman–Crippen MR) is 191 cm³/mol. The summed E-state index contributed by atoms with van der Waals surface area (Å²) < 4.78 is 0. The first-order valence-corrected chi connectivity index (χ1v) is 16.9. The molecule has 0 aliphatic carbocycles. The average Bonchev–Trinajstić information content (AvgIpc) is 3.49. The van der Waals surface area contributed by atoms with E-state index in [0.29, 0.717) is 31.8 Å². The first-order chi connectivity index (χ1) is 22.5. The number of amides is 3. The second kappa shape index (κ2) is 16.7. The molecule has 3 aromatic carbocycles. The van der Waals surface area contributed by atoms with Gasteiger partial charge in [-0.25, -0.2) is 0 Å². The highest BCUT2D eigenvalue weighted by Gasteiger charge is 2.35. The van der Waals surface area contributed by atoms with E-state index < -0.39 is 12.1 Å². The molecule has 1 heterocycles. The quantitative estimate of drug-likeness (QED) is 0.233. The fourth-order valence-corrected chi connectivity index (χ4v) is 6.26. The van der Waals surface area contributed by atoms with Crippen LogP contribution in [0.2, 0.25) is 0 Å². The van der Waals surface area contributed by atoms with Crippen LogP contribution in [-0.4, -0.2) is 97.4 Å². The molecule has 1 saturated heterocycles. The normalized spacial score (nSPS) is 16.7. The number of nitrogens with one attached hydrogen (secondary N) is 2. The van der Waals surface area contributed by atoms with Crippen LogP contribution in [0.4, 0.5) is 0 Å². The molecule has 252 valence electrons. The molecule has 0 bridgehead atoms. The molecule has 0 radical (unpaired) electrons. The van der Waals surface area contributed by atoms with Gasteiger partial charge in [0, 0.05) is 45.1 Å². The average molecular weight is 640 g/mol. The summed E-state index contributed by atoms with van der Waals surface area (Å²) in [5.41, 5.74) is 1.75. The van der Waals surface area contributed by atoms with Crippen molar-refractivity contribution in [3.63, 3.8) is 0 Å². The zero-order chi connectivity index (χ0) is 34.0. The monoisotopic (exact) mass is 639 g/mol. The lowest BCUT2D eigenvalue weighted by Crippen LogP contribution is -2.56. The highest BCUT2D eigenvalue weighted by Crippen LogP contribution is 2.21. The molecule has 0 saturated carbocycles. The molecule has 1 unspecified atom stereocenters. The van der Waals surface area contributed by atoms with E-state index in [1.165, 1.54) is 11.3 Å². The molecule has 47 heavy (non-hydrogen) atoms. The maximum Gasteiger partial charge on any atom is 0.246 e. The van der Waals surface area contributed by atoms with Crippen LogP contribution in [0.3, 0.4) is 0 Å². The number of carbonyl (C=O) groups is 3. The van der Waals surface area contributed by atoms with Crippen molar-refractivity contribution in [1.82, 2.24) is 25.3 Å². The fraction of sp³-hybridized carbons (Fsp3) is 0.462. The molecule has 1 fully saturated rings. The van der Waals surface area contributed by atoms with Crippen molar-refractivity contribution >= 4 is 28.5 Å². The van der Waals surface area contributed by atoms with E-state index in [4.69, 9.17) is 0 Å². The van der Waals surface area contributed by atoms with Crippen molar-refractivity contribution in [2.24, 2.45) is 0 Å². The molecule has 3 amide bonds. The Kier molecular flexibility index (Phi) is 12.7. The summed E-state index contributed by atoms with van der Waals surface area (Å²) >= 11 is 0. The predicted octanol–water partition coefficient (Wildman–Crippen LogP) is 4.82. The molecule has 2 N–H and O–H groups in total. The van der Waals surface area contributed by atoms with Gasteiger partial charge >= 0.3 is 0 Å². The smallest absolute Gasteiger partial charge is 0.246 e. The molecule has 8 nitrogen and oxygen atoms in total. The lowest BCUT2D eigenvalue weighted by Gasteiger charge is -2.34. The number of likely N-dealkylation sites (tertiary alicyclic amines) is 1. The zero-order valence-corrected chi connectivity index (χ0v) is 29.0. The number of hydrogen-bond donors (Lipinski definition) is 2. The van der Waals surface area contributed by atoms with Gasteiger partial charge in [-0.15, -0.1) is 0 Å². The van der Waals surface area contributed by atoms with Gasteiger partial charge in [0.1, 0.15) is 12.1 Å². The molecular formula is C39H53N5O3. The fourth-order valence-electron chi connectivity index (χ4n) is 6.26. The molecule has 4 rings (SSSR count). The second-order valence-electron chi connectivity index (χ2n) is 13.6. The zero-order valence-electron chi connectivity index (χ0n) is 29.0. The van der Waals surface area contributed by atoms with Crippen LogP contribution in [0.5, 0.6) is 0 Å². The number of nitrogens with zero attached hydrogens (tertiary/aromatic N) is 3. The highest BCUT2D eigenvalue weighted by atomic mass is 16.2. The SMILES string of the molecule is CNC(C)(C)CC=CC(=O)N(C)[C@H](Cc1ccc2ccccc2c1)C(=O)N(C)[C@H](Cc1ccccc1)C(=O)NCCC1CCCN1C. The largest absolute Gasteiger partial charge is 0.354 e. The molecule has 0 aromatic heterocycles. The van der Waals surface area contributed by atoms with Crippen molar-refractivity contribution in [2.75, 3.05) is 41.3 Å². The minimum atomic E-state index is -0.811. The lowest BCUT2D eigenvalue weighted by atomic mass is 9.98. The maximum absolute atomic E-state index is 14.5. The minimum absolute atomic E-state index is 0.166. The Morgan fingerprint density at radius 2 is 1.60 bits per heavy atom. The van der Waals surface area contributed by atoms with Gasteiger partial charge < -0.3 is 25.3 Å². The van der Waals surface area contributed by atoms with Crippen LogP contribution in [-0.2, 0) is 27.2 Å². The van der Waals surface area contributed by atoms with Gasteiger partial charge in [0.2, 0.25) is 17.7 Å². The molecule has 1 aliphatic heterocycles. The molecule has 1 aliphatic rings. The highest BCUT2D eigenvalue weighted by molar-refractivity contribution is 5.95. The van der Waals surface area contributed by atoms with Gasteiger partial charge in [-0.2, -0.15) is 0 Å². The molecule has 8 heteroatoms. The topological polar surface area (TPSA) is 85.0 Å². The molecular weight excluding hydrogens is 586 g/mol. The van der Waals surface area contributed by atoms with E-state index in [1.54, 1.807) is 25.1 Å². The Labute approximate surface area is 281 Å².